The van der Waals surface area contributed by atoms with Gasteiger partial charge in [-0.2, -0.15) is 12.6 Å². The van der Waals surface area contributed by atoms with Gasteiger partial charge in [-0.1, -0.05) is 45.0 Å². The molecule has 0 saturated heterocycles. The van der Waals surface area contributed by atoms with Crippen LogP contribution in [0.1, 0.15) is 44.7 Å². The van der Waals surface area contributed by atoms with Crippen molar-refractivity contribution in [3.63, 3.8) is 0 Å². The van der Waals surface area contributed by atoms with Crippen LogP contribution in [0.25, 0.3) is 0 Å². The summed E-state index contributed by atoms with van der Waals surface area (Å²) in [4.78, 5) is 0. The molecule has 18 heavy (non-hydrogen) atoms. The second-order valence-corrected chi connectivity index (χ2v) is 6.49. The molecule has 2 heteroatoms. The highest BCUT2D eigenvalue weighted by atomic mass is 32.1. The normalized spacial score (nSPS) is 11.8. The quantitative estimate of drug-likeness (QED) is 0.430. The van der Waals surface area contributed by atoms with Crippen LogP contribution in [0, 0.1) is 5.41 Å². The molecule has 1 rings (SSSR count). The third kappa shape index (κ3) is 7.07. The molecule has 0 atom stereocenters. The van der Waals surface area contributed by atoms with Crippen LogP contribution in [0.3, 0.4) is 0 Å². The Balaban J connectivity index is 2.32. The molecule has 102 valence electrons. The maximum atomic E-state index is 4.13. The number of thiol groups is 1. The van der Waals surface area contributed by atoms with Crippen molar-refractivity contribution >= 4 is 12.6 Å². The maximum absolute atomic E-state index is 4.13. The molecule has 0 unspecified atom stereocenters. The lowest BCUT2D eigenvalue weighted by Gasteiger charge is -2.18. The highest BCUT2D eigenvalue weighted by molar-refractivity contribution is 7.80. The van der Waals surface area contributed by atoms with E-state index in [0.29, 0.717) is 5.41 Å². The van der Waals surface area contributed by atoms with Gasteiger partial charge in [0.2, 0.25) is 0 Å². The van der Waals surface area contributed by atoms with Crippen molar-refractivity contribution in [2.24, 2.45) is 5.41 Å². The first-order valence-corrected chi connectivity index (χ1v) is 7.54. The van der Waals surface area contributed by atoms with Crippen molar-refractivity contribution in [3.05, 3.63) is 35.4 Å². The van der Waals surface area contributed by atoms with Gasteiger partial charge in [0, 0.05) is 5.88 Å². The molecule has 0 aliphatic rings. The Morgan fingerprint density at radius 1 is 1.00 bits per heavy atom. The molecule has 0 aliphatic carbocycles. The van der Waals surface area contributed by atoms with Crippen LogP contribution >= 0.6 is 12.6 Å². The fourth-order valence-electron chi connectivity index (χ4n) is 2.09. The van der Waals surface area contributed by atoms with Crippen molar-refractivity contribution in [1.29, 1.82) is 0 Å². The van der Waals surface area contributed by atoms with Gasteiger partial charge >= 0.3 is 0 Å². The highest BCUT2D eigenvalue weighted by Gasteiger charge is 2.10. The molecular weight excluding hydrogens is 238 g/mol. The predicted octanol–water partition coefficient (Wildman–Crippen LogP) is 4.07. The Kier molecular flexibility index (Phi) is 6.80. The predicted molar refractivity (Wildman–Crippen MR) is 84.4 cm³/mol. The Labute approximate surface area is 118 Å². The minimum absolute atomic E-state index is 0.375. The van der Waals surface area contributed by atoms with E-state index in [1.54, 1.807) is 0 Å². The fraction of sp³-hybridized carbons (Fsp3) is 0.625. The van der Waals surface area contributed by atoms with Gasteiger partial charge in [0.15, 0.2) is 0 Å². The number of hydrogen-bond acceptors (Lipinski definition) is 2. The van der Waals surface area contributed by atoms with Crippen LogP contribution < -0.4 is 5.32 Å². The third-order valence-corrected chi connectivity index (χ3v) is 3.16. The van der Waals surface area contributed by atoms with E-state index in [-0.39, 0.29) is 0 Å². The van der Waals surface area contributed by atoms with Crippen LogP contribution in [0.15, 0.2) is 24.3 Å². The summed E-state index contributed by atoms with van der Waals surface area (Å²) in [5.74, 6) is 0.779. The lowest BCUT2D eigenvalue weighted by atomic mass is 9.88. The third-order valence-electron chi connectivity index (χ3n) is 2.94. The van der Waals surface area contributed by atoms with Crippen molar-refractivity contribution in [1.82, 2.24) is 5.32 Å². The monoisotopic (exact) mass is 265 g/mol. The van der Waals surface area contributed by atoms with Gasteiger partial charge in [-0.3, -0.25) is 0 Å². The van der Waals surface area contributed by atoms with Gasteiger partial charge in [0.05, 0.1) is 0 Å². The summed E-state index contributed by atoms with van der Waals surface area (Å²) >= 11 is 4.13. The minimum Gasteiger partial charge on any atom is -0.308 e. The SMILES string of the molecule is CC(C)(C)Cc1ccc(CCCCNCS)cc1. The molecule has 0 spiro atoms. The molecular formula is C16H27NS. The van der Waals surface area contributed by atoms with E-state index in [0.717, 1.165) is 18.8 Å². The van der Waals surface area contributed by atoms with Crippen LogP contribution in [0.4, 0.5) is 0 Å². The van der Waals surface area contributed by atoms with Gasteiger partial charge in [0.1, 0.15) is 0 Å². The zero-order valence-electron chi connectivity index (χ0n) is 12.0. The van der Waals surface area contributed by atoms with Gasteiger partial charge in [-0.05, 0) is 48.8 Å². The van der Waals surface area contributed by atoms with Crippen molar-refractivity contribution in [3.8, 4) is 0 Å². The average molecular weight is 265 g/mol. The molecule has 0 amide bonds. The van der Waals surface area contributed by atoms with Crippen LogP contribution in [-0.2, 0) is 12.8 Å². The molecule has 0 fully saturated rings. The number of unbranched alkanes of at least 4 members (excludes halogenated alkanes) is 1. The molecule has 0 saturated carbocycles. The fourth-order valence-corrected chi connectivity index (χ4v) is 2.25. The number of rotatable bonds is 7. The summed E-state index contributed by atoms with van der Waals surface area (Å²) in [5, 5.41) is 3.23. The second kappa shape index (κ2) is 7.85. The largest absolute Gasteiger partial charge is 0.308 e. The Hall–Kier alpha value is -0.470. The first-order chi connectivity index (χ1) is 8.51. The lowest BCUT2D eigenvalue weighted by molar-refractivity contribution is 0.411. The average Bonchev–Trinajstić information content (AvgIpc) is 2.29. The van der Waals surface area contributed by atoms with Crippen LogP contribution in [0.5, 0.6) is 0 Å². The molecule has 0 aliphatic heterocycles. The molecule has 1 aromatic rings. The first kappa shape index (κ1) is 15.6. The van der Waals surface area contributed by atoms with Gasteiger partial charge in [0.25, 0.3) is 0 Å². The van der Waals surface area contributed by atoms with E-state index in [1.165, 1.54) is 30.4 Å². The number of nitrogens with one attached hydrogen (secondary N) is 1. The molecule has 0 heterocycles. The summed E-state index contributed by atoms with van der Waals surface area (Å²) in [5.41, 5.74) is 3.28. The molecule has 0 aromatic heterocycles. The Bertz CT molecular complexity index is 324. The number of hydrogen-bond donors (Lipinski definition) is 2. The summed E-state index contributed by atoms with van der Waals surface area (Å²) < 4.78 is 0. The molecule has 1 N–H and O–H groups in total. The van der Waals surface area contributed by atoms with Gasteiger partial charge in [-0.25, -0.2) is 0 Å². The molecule has 1 aromatic carbocycles. The van der Waals surface area contributed by atoms with E-state index >= 15 is 0 Å². The highest BCUT2D eigenvalue weighted by Crippen LogP contribution is 2.20. The van der Waals surface area contributed by atoms with Crippen molar-refractivity contribution < 1.29 is 0 Å². The van der Waals surface area contributed by atoms with E-state index < -0.39 is 0 Å². The maximum Gasteiger partial charge on any atom is 0.0387 e. The summed E-state index contributed by atoms with van der Waals surface area (Å²) in [7, 11) is 0. The van der Waals surface area contributed by atoms with Gasteiger partial charge < -0.3 is 5.32 Å². The topological polar surface area (TPSA) is 12.0 Å². The zero-order valence-corrected chi connectivity index (χ0v) is 12.9. The minimum atomic E-state index is 0.375. The van der Waals surface area contributed by atoms with E-state index in [9.17, 15) is 0 Å². The molecule has 0 bridgehead atoms. The Morgan fingerprint density at radius 2 is 1.61 bits per heavy atom. The smallest absolute Gasteiger partial charge is 0.0387 e. The lowest BCUT2D eigenvalue weighted by Crippen LogP contribution is -2.12. The standard InChI is InChI=1S/C16H27NS/c1-16(2,3)12-15-9-7-14(8-10-15)6-4-5-11-17-13-18/h7-10,17-18H,4-6,11-13H2,1-3H3. The number of benzene rings is 1. The van der Waals surface area contributed by atoms with Crippen LogP contribution in [0.2, 0.25) is 0 Å². The van der Waals surface area contributed by atoms with Crippen LogP contribution in [-0.4, -0.2) is 12.4 Å². The van der Waals surface area contributed by atoms with E-state index in [4.69, 9.17) is 0 Å². The second-order valence-electron chi connectivity index (χ2n) is 6.17. The summed E-state index contributed by atoms with van der Waals surface area (Å²) in [6, 6.07) is 9.14. The molecule has 0 radical (unpaired) electrons. The van der Waals surface area contributed by atoms with E-state index in [1.807, 2.05) is 0 Å². The first-order valence-electron chi connectivity index (χ1n) is 6.91. The Morgan fingerprint density at radius 3 is 2.17 bits per heavy atom. The van der Waals surface area contributed by atoms with Gasteiger partial charge in [-0.15, -0.1) is 0 Å². The summed E-state index contributed by atoms with van der Waals surface area (Å²) in [6.45, 7) is 7.94. The summed E-state index contributed by atoms with van der Waals surface area (Å²) in [6.07, 6.45) is 4.81. The molecule has 1 nitrogen and oxygen atoms in total. The van der Waals surface area contributed by atoms with Crippen molar-refractivity contribution in [2.45, 2.75) is 46.5 Å². The van der Waals surface area contributed by atoms with Crippen molar-refractivity contribution in [2.75, 3.05) is 12.4 Å². The van der Waals surface area contributed by atoms with E-state index in [2.05, 4.69) is 63.0 Å². The number of aryl methyl sites for hydroxylation is 1. The zero-order chi connectivity index (χ0) is 13.4.